The molecule has 0 radical (unpaired) electrons. The normalized spacial score (nSPS) is 21.6. The van der Waals surface area contributed by atoms with Crippen LogP contribution >= 0.6 is 0 Å². The van der Waals surface area contributed by atoms with Crippen molar-refractivity contribution >= 4 is 22.9 Å². The molecule has 2 aliphatic rings. The van der Waals surface area contributed by atoms with Gasteiger partial charge in [0.2, 0.25) is 0 Å². The number of aromatic amines is 1. The van der Waals surface area contributed by atoms with Crippen molar-refractivity contribution in [2.75, 3.05) is 19.6 Å². The molecule has 276 valence electrons. The third-order valence-corrected chi connectivity index (χ3v) is 10.4. The van der Waals surface area contributed by atoms with Gasteiger partial charge in [0.05, 0.1) is 29.8 Å². The fraction of sp³-hybridized carbons (Fsp3) is 0.357. The lowest BCUT2D eigenvalue weighted by atomic mass is 9.83. The van der Waals surface area contributed by atoms with E-state index in [1.54, 1.807) is 0 Å². The number of aliphatic hydroxyl groups excluding tert-OH is 1. The molecular formula is C42H46N4O7. The van der Waals surface area contributed by atoms with Gasteiger partial charge in [0.25, 0.3) is 5.91 Å². The molecule has 1 unspecified atom stereocenters. The van der Waals surface area contributed by atoms with Crippen LogP contribution in [0.25, 0.3) is 11.0 Å². The van der Waals surface area contributed by atoms with E-state index in [4.69, 9.17) is 14.2 Å². The van der Waals surface area contributed by atoms with Gasteiger partial charge in [-0.05, 0) is 54.2 Å². The molecule has 0 bridgehead atoms. The number of esters is 1. The first kappa shape index (κ1) is 36.3. The standard InChI is InChI=1S/C42H46N4O7/c1-27(51-28(2)48)40(49)43-24-29-12-18-33(19-13-29)41-52-37(25-45-22-20-34(21-23-45)46-36-11-7-6-10-35(36)44-42(46)50)38(31-8-4-3-5-9-31)39(53-41)32-16-14-30(26-47)15-17-32/h3-19,27,34,37-39,41,47H,20-26H2,1-2H3,(H,43,49)(H,44,50)/t27-,37+,38+,39-,41?/m0/s1. The fourth-order valence-corrected chi connectivity index (χ4v) is 7.64. The number of nitrogens with zero attached hydrogens (tertiary/aromatic N) is 2. The third-order valence-electron chi connectivity index (χ3n) is 10.4. The SMILES string of the molecule is CC(=O)O[C@@H](C)C(=O)NCc1ccc(C2O[C@H](CN3CCC(n4c(=O)[nH]c5ccccc54)CC3)[C@@H](c3ccccc3)[C@H](c3ccc(CO)cc3)O2)cc1. The Hall–Kier alpha value is -5.07. The van der Waals surface area contributed by atoms with Gasteiger partial charge >= 0.3 is 11.7 Å². The number of nitrogens with one attached hydrogen (secondary N) is 2. The van der Waals surface area contributed by atoms with E-state index >= 15 is 0 Å². The van der Waals surface area contributed by atoms with Crippen molar-refractivity contribution in [3.8, 4) is 0 Å². The number of imidazole rings is 1. The highest BCUT2D eigenvalue weighted by atomic mass is 16.7. The summed E-state index contributed by atoms with van der Waals surface area (Å²) in [5.41, 5.74) is 6.39. The molecule has 5 aromatic rings. The highest BCUT2D eigenvalue weighted by molar-refractivity contribution is 5.82. The van der Waals surface area contributed by atoms with E-state index in [0.29, 0.717) is 6.54 Å². The van der Waals surface area contributed by atoms with Crippen molar-refractivity contribution in [2.45, 2.75) is 76.4 Å². The molecule has 3 N–H and O–H groups in total. The van der Waals surface area contributed by atoms with Crippen molar-refractivity contribution in [2.24, 2.45) is 0 Å². The Morgan fingerprint density at radius 2 is 1.53 bits per heavy atom. The summed E-state index contributed by atoms with van der Waals surface area (Å²) in [7, 11) is 0. The summed E-state index contributed by atoms with van der Waals surface area (Å²) in [6.07, 6.45) is -0.457. The van der Waals surface area contributed by atoms with Gasteiger partial charge in [-0.25, -0.2) is 4.79 Å². The zero-order chi connectivity index (χ0) is 36.9. The number of piperidine rings is 1. The molecule has 3 heterocycles. The Balaban J connectivity index is 1.13. The number of para-hydroxylation sites is 2. The van der Waals surface area contributed by atoms with Crippen LogP contribution in [0.1, 0.15) is 78.9 Å². The van der Waals surface area contributed by atoms with E-state index in [-0.39, 0.29) is 48.9 Å². The lowest BCUT2D eigenvalue weighted by molar-refractivity contribution is -0.264. The second kappa shape index (κ2) is 16.3. The highest BCUT2D eigenvalue weighted by Gasteiger charge is 2.43. The fourth-order valence-electron chi connectivity index (χ4n) is 7.64. The second-order valence-corrected chi connectivity index (χ2v) is 14.0. The molecule has 7 rings (SSSR count). The van der Waals surface area contributed by atoms with E-state index in [9.17, 15) is 19.5 Å². The molecule has 1 aromatic heterocycles. The maximum absolute atomic E-state index is 13.0. The summed E-state index contributed by atoms with van der Waals surface area (Å²) < 4.78 is 20.7. The maximum Gasteiger partial charge on any atom is 0.326 e. The molecule has 53 heavy (non-hydrogen) atoms. The van der Waals surface area contributed by atoms with Crippen LogP contribution < -0.4 is 11.0 Å². The molecule has 5 atom stereocenters. The van der Waals surface area contributed by atoms with Gasteiger partial charge in [0.1, 0.15) is 0 Å². The summed E-state index contributed by atoms with van der Waals surface area (Å²) in [6.45, 7) is 5.35. The number of H-pyrrole nitrogens is 1. The van der Waals surface area contributed by atoms with Crippen LogP contribution in [0.15, 0.2) is 108 Å². The number of amides is 1. The number of hydrogen-bond acceptors (Lipinski definition) is 8. The lowest BCUT2D eigenvalue weighted by Gasteiger charge is -2.45. The van der Waals surface area contributed by atoms with Crippen LogP contribution in [0.5, 0.6) is 0 Å². The smallest absolute Gasteiger partial charge is 0.326 e. The quantitative estimate of drug-likeness (QED) is 0.149. The summed E-state index contributed by atoms with van der Waals surface area (Å²) in [4.78, 5) is 42.1. The highest BCUT2D eigenvalue weighted by Crippen LogP contribution is 2.47. The number of likely N-dealkylation sites (tertiary alicyclic amines) is 1. The van der Waals surface area contributed by atoms with Crippen LogP contribution in [-0.2, 0) is 37.0 Å². The average Bonchev–Trinajstić information content (AvgIpc) is 3.52. The number of carbonyl (C=O) groups excluding carboxylic acids is 2. The average molecular weight is 719 g/mol. The van der Waals surface area contributed by atoms with E-state index < -0.39 is 18.4 Å². The molecule has 2 aliphatic heterocycles. The monoisotopic (exact) mass is 718 g/mol. The Labute approximate surface area is 308 Å². The number of benzene rings is 4. The largest absolute Gasteiger partial charge is 0.453 e. The molecule has 2 fully saturated rings. The minimum atomic E-state index is -0.879. The number of carbonyl (C=O) groups is 2. The lowest BCUT2D eigenvalue weighted by Crippen LogP contribution is -2.47. The van der Waals surface area contributed by atoms with Gasteiger partial charge in [0, 0.05) is 50.6 Å². The minimum Gasteiger partial charge on any atom is -0.453 e. The number of aliphatic hydroxyl groups is 1. The van der Waals surface area contributed by atoms with Crippen molar-refractivity contribution < 1.29 is 28.9 Å². The van der Waals surface area contributed by atoms with Crippen LogP contribution in [0.4, 0.5) is 0 Å². The zero-order valence-electron chi connectivity index (χ0n) is 30.0. The first-order valence-electron chi connectivity index (χ1n) is 18.3. The van der Waals surface area contributed by atoms with Gasteiger partial charge < -0.3 is 34.5 Å². The van der Waals surface area contributed by atoms with Crippen LogP contribution in [-0.4, -0.2) is 63.3 Å². The van der Waals surface area contributed by atoms with E-state index in [1.807, 2.05) is 95.6 Å². The number of fused-ring (bicyclic) bond motifs is 1. The molecule has 11 nitrogen and oxygen atoms in total. The Kier molecular flexibility index (Phi) is 11.2. The van der Waals surface area contributed by atoms with Gasteiger partial charge in [0.15, 0.2) is 12.4 Å². The van der Waals surface area contributed by atoms with Crippen molar-refractivity contribution in [1.29, 1.82) is 0 Å². The Morgan fingerprint density at radius 3 is 2.23 bits per heavy atom. The summed E-state index contributed by atoms with van der Waals surface area (Å²) in [5.74, 6) is -1.01. The number of hydrogen-bond donors (Lipinski definition) is 3. The molecule has 0 aliphatic carbocycles. The Morgan fingerprint density at radius 1 is 0.868 bits per heavy atom. The number of ether oxygens (including phenoxy) is 3. The molecule has 4 aromatic carbocycles. The minimum absolute atomic E-state index is 0.0433. The molecule has 2 saturated heterocycles. The van der Waals surface area contributed by atoms with Crippen LogP contribution in [0.2, 0.25) is 0 Å². The van der Waals surface area contributed by atoms with E-state index in [2.05, 4.69) is 27.3 Å². The third kappa shape index (κ3) is 8.29. The summed E-state index contributed by atoms with van der Waals surface area (Å²) >= 11 is 0. The number of aromatic nitrogens is 2. The predicted octanol–water partition coefficient (Wildman–Crippen LogP) is 5.67. The van der Waals surface area contributed by atoms with Gasteiger partial charge in [-0.1, -0.05) is 91.0 Å². The Bertz CT molecular complexity index is 2050. The topological polar surface area (TPSA) is 135 Å². The molecule has 0 spiro atoms. The van der Waals surface area contributed by atoms with Crippen LogP contribution in [0.3, 0.4) is 0 Å². The maximum atomic E-state index is 13.0. The van der Waals surface area contributed by atoms with Gasteiger partial charge in [-0.3, -0.25) is 14.2 Å². The molecule has 0 saturated carbocycles. The first-order valence-corrected chi connectivity index (χ1v) is 18.3. The van der Waals surface area contributed by atoms with Gasteiger partial charge in [-0.15, -0.1) is 0 Å². The van der Waals surface area contributed by atoms with E-state index in [0.717, 1.165) is 64.8 Å². The van der Waals surface area contributed by atoms with Crippen molar-refractivity contribution in [3.05, 3.63) is 141 Å². The van der Waals surface area contributed by atoms with Gasteiger partial charge in [-0.2, -0.15) is 0 Å². The second-order valence-electron chi connectivity index (χ2n) is 14.0. The summed E-state index contributed by atoms with van der Waals surface area (Å²) in [6, 6.07) is 34.0. The molecule has 1 amide bonds. The van der Waals surface area contributed by atoms with Crippen molar-refractivity contribution in [1.82, 2.24) is 19.8 Å². The van der Waals surface area contributed by atoms with Crippen molar-refractivity contribution in [3.63, 3.8) is 0 Å². The van der Waals surface area contributed by atoms with Crippen LogP contribution in [0, 0.1) is 0 Å². The first-order chi connectivity index (χ1) is 25.8. The summed E-state index contributed by atoms with van der Waals surface area (Å²) in [5, 5.41) is 12.6. The zero-order valence-corrected chi connectivity index (χ0v) is 30.0. The predicted molar refractivity (Wildman–Crippen MR) is 200 cm³/mol. The molecular weight excluding hydrogens is 672 g/mol. The molecule has 11 heteroatoms. The number of rotatable bonds is 11. The van der Waals surface area contributed by atoms with E-state index in [1.165, 1.54) is 13.8 Å².